The number of aromatic nitrogens is 2. The van der Waals surface area contributed by atoms with Gasteiger partial charge in [-0.3, -0.25) is 4.79 Å². The standard InChI is InChI=1S/C30H29N3O3/c1-3-26(34)21-12-13-22(27(16-21)35-2)17-28-32-25-15-14-24(20-10-8-19(18-31)9-11-20)29(25)30(33-28)36-23-6-4-5-7-23/h8-14,16,23H,3-7,15,17H2,1-2H3. The molecule has 3 aromatic rings. The van der Waals surface area contributed by atoms with Crippen LogP contribution in [-0.4, -0.2) is 29.0 Å². The zero-order valence-corrected chi connectivity index (χ0v) is 20.7. The molecule has 0 saturated heterocycles. The second-order valence-corrected chi connectivity index (χ2v) is 9.28. The van der Waals surface area contributed by atoms with Gasteiger partial charge in [0.2, 0.25) is 5.88 Å². The number of carbonyl (C=O) groups excluding carboxylic acids is 1. The highest BCUT2D eigenvalue weighted by molar-refractivity contribution is 5.96. The maximum absolute atomic E-state index is 12.2. The Kier molecular flexibility index (Phi) is 6.81. The molecule has 36 heavy (non-hydrogen) atoms. The number of benzene rings is 2. The molecule has 1 saturated carbocycles. The summed E-state index contributed by atoms with van der Waals surface area (Å²) in [7, 11) is 1.62. The molecule has 6 nitrogen and oxygen atoms in total. The van der Waals surface area contributed by atoms with Gasteiger partial charge in [0.25, 0.3) is 0 Å². The quantitative estimate of drug-likeness (QED) is 0.377. The topological polar surface area (TPSA) is 85.1 Å². The van der Waals surface area contributed by atoms with E-state index in [0.29, 0.717) is 47.8 Å². The normalized spacial score (nSPS) is 14.8. The number of carbonyl (C=O) groups is 1. The average molecular weight is 480 g/mol. The van der Waals surface area contributed by atoms with Crippen LogP contribution in [0.1, 0.15) is 83.2 Å². The zero-order valence-electron chi connectivity index (χ0n) is 20.7. The highest BCUT2D eigenvalue weighted by Gasteiger charge is 2.27. The van der Waals surface area contributed by atoms with Crippen molar-refractivity contribution >= 4 is 11.4 Å². The number of ketones is 1. The van der Waals surface area contributed by atoms with Crippen LogP contribution in [0, 0.1) is 11.3 Å². The fourth-order valence-corrected chi connectivity index (χ4v) is 5.01. The molecule has 0 radical (unpaired) electrons. The van der Waals surface area contributed by atoms with Crippen molar-refractivity contribution < 1.29 is 14.3 Å². The van der Waals surface area contributed by atoms with Gasteiger partial charge in [-0.2, -0.15) is 10.2 Å². The largest absolute Gasteiger partial charge is 0.496 e. The van der Waals surface area contributed by atoms with Crippen LogP contribution >= 0.6 is 0 Å². The smallest absolute Gasteiger partial charge is 0.225 e. The molecule has 182 valence electrons. The number of rotatable bonds is 8. The van der Waals surface area contributed by atoms with Gasteiger partial charge in [-0.25, -0.2) is 4.98 Å². The Morgan fingerprint density at radius 2 is 1.89 bits per heavy atom. The Hall–Kier alpha value is -3.98. The number of fused-ring (bicyclic) bond motifs is 1. The third kappa shape index (κ3) is 4.74. The highest BCUT2D eigenvalue weighted by Crippen LogP contribution is 2.39. The van der Waals surface area contributed by atoms with Gasteiger partial charge in [0.05, 0.1) is 30.0 Å². The SMILES string of the molecule is CCC(=O)c1ccc(Cc2nc3c(c(OC4CCCC4)n2)C(c2ccc(C#N)cc2)=CC3)c(OC)c1. The molecule has 0 spiro atoms. The third-order valence-electron chi connectivity index (χ3n) is 6.95. The molecule has 1 aromatic heterocycles. The van der Waals surface area contributed by atoms with Gasteiger partial charge in [0, 0.05) is 30.4 Å². The van der Waals surface area contributed by atoms with E-state index < -0.39 is 0 Å². The van der Waals surface area contributed by atoms with E-state index in [1.807, 2.05) is 43.3 Å². The Morgan fingerprint density at radius 1 is 1.11 bits per heavy atom. The number of methoxy groups -OCH3 is 1. The van der Waals surface area contributed by atoms with E-state index in [1.54, 1.807) is 13.2 Å². The number of nitriles is 1. The highest BCUT2D eigenvalue weighted by atomic mass is 16.5. The molecule has 0 unspecified atom stereocenters. The lowest BCUT2D eigenvalue weighted by atomic mass is 10.00. The Bertz CT molecular complexity index is 1360. The summed E-state index contributed by atoms with van der Waals surface area (Å²) >= 11 is 0. The van der Waals surface area contributed by atoms with Crippen molar-refractivity contribution in [3.05, 3.63) is 87.9 Å². The second-order valence-electron chi connectivity index (χ2n) is 9.28. The summed E-state index contributed by atoms with van der Waals surface area (Å²) in [5, 5.41) is 9.17. The molecule has 2 aliphatic rings. The summed E-state index contributed by atoms with van der Waals surface area (Å²) in [5.41, 5.74) is 6.18. The van der Waals surface area contributed by atoms with Gasteiger partial charge in [-0.1, -0.05) is 37.3 Å². The molecule has 1 fully saturated rings. The van der Waals surface area contributed by atoms with Gasteiger partial charge < -0.3 is 9.47 Å². The summed E-state index contributed by atoms with van der Waals surface area (Å²) < 4.78 is 12.1. The van der Waals surface area contributed by atoms with Crippen molar-refractivity contribution in [1.82, 2.24) is 9.97 Å². The molecule has 0 N–H and O–H groups in total. The Balaban J connectivity index is 1.51. The van der Waals surface area contributed by atoms with E-state index in [4.69, 9.17) is 24.7 Å². The van der Waals surface area contributed by atoms with E-state index >= 15 is 0 Å². The summed E-state index contributed by atoms with van der Waals surface area (Å²) in [6.07, 6.45) is 8.35. The van der Waals surface area contributed by atoms with Gasteiger partial charge in [0.15, 0.2) is 5.78 Å². The fourth-order valence-electron chi connectivity index (χ4n) is 5.01. The lowest BCUT2D eigenvalue weighted by Gasteiger charge is -2.18. The van der Waals surface area contributed by atoms with Crippen LogP contribution in [-0.2, 0) is 12.8 Å². The van der Waals surface area contributed by atoms with Gasteiger partial charge in [0.1, 0.15) is 17.7 Å². The Morgan fingerprint density at radius 3 is 2.58 bits per heavy atom. The second kappa shape index (κ2) is 10.3. The molecule has 0 bridgehead atoms. The minimum Gasteiger partial charge on any atom is -0.496 e. The summed E-state index contributed by atoms with van der Waals surface area (Å²) in [4.78, 5) is 22.0. The minimum absolute atomic E-state index is 0.0855. The minimum atomic E-state index is 0.0855. The first kappa shape index (κ1) is 23.7. The maximum atomic E-state index is 12.2. The van der Waals surface area contributed by atoms with Crippen molar-refractivity contribution in [3.63, 3.8) is 0 Å². The van der Waals surface area contributed by atoms with Crippen LogP contribution in [0.3, 0.4) is 0 Å². The maximum Gasteiger partial charge on any atom is 0.225 e. The summed E-state index contributed by atoms with van der Waals surface area (Å²) in [6.45, 7) is 1.85. The third-order valence-corrected chi connectivity index (χ3v) is 6.95. The summed E-state index contributed by atoms with van der Waals surface area (Å²) in [5.74, 6) is 2.05. The first-order valence-electron chi connectivity index (χ1n) is 12.6. The monoisotopic (exact) mass is 479 g/mol. The molecule has 2 aliphatic carbocycles. The molecule has 6 heteroatoms. The van der Waals surface area contributed by atoms with Gasteiger partial charge in [-0.15, -0.1) is 0 Å². The van der Waals surface area contributed by atoms with Crippen LogP contribution in [0.25, 0.3) is 5.57 Å². The molecule has 2 aromatic carbocycles. The van der Waals surface area contributed by atoms with Crippen molar-refractivity contribution in [2.75, 3.05) is 7.11 Å². The lowest BCUT2D eigenvalue weighted by molar-refractivity contribution is 0.0988. The average Bonchev–Trinajstić information content (AvgIpc) is 3.58. The number of nitrogens with zero attached hydrogens (tertiary/aromatic N) is 3. The number of hydrogen-bond acceptors (Lipinski definition) is 6. The van der Waals surface area contributed by atoms with E-state index in [0.717, 1.165) is 40.8 Å². The number of allylic oxidation sites excluding steroid dienone is 1. The van der Waals surface area contributed by atoms with Crippen LogP contribution < -0.4 is 9.47 Å². The van der Waals surface area contributed by atoms with Gasteiger partial charge >= 0.3 is 0 Å². The fraction of sp³-hybridized carbons (Fsp3) is 0.333. The van der Waals surface area contributed by atoms with E-state index in [2.05, 4.69) is 12.1 Å². The van der Waals surface area contributed by atoms with Crippen molar-refractivity contribution in [2.45, 2.75) is 58.0 Å². The van der Waals surface area contributed by atoms with Gasteiger partial charge in [-0.05, 0) is 55.0 Å². The van der Waals surface area contributed by atoms with E-state index in [1.165, 1.54) is 12.8 Å². The number of hydrogen-bond donors (Lipinski definition) is 0. The van der Waals surface area contributed by atoms with Crippen molar-refractivity contribution in [3.8, 4) is 17.7 Å². The first-order chi connectivity index (χ1) is 17.6. The molecule has 0 amide bonds. The predicted molar refractivity (Wildman–Crippen MR) is 137 cm³/mol. The summed E-state index contributed by atoms with van der Waals surface area (Å²) in [6, 6.07) is 15.4. The van der Waals surface area contributed by atoms with E-state index in [9.17, 15) is 4.79 Å². The van der Waals surface area contributed by atoms with Crippen molar-refractivity contribution in [2.24, 2.45) is 0 Å². The molecule has 5 rings (SSSR count). The van der Waals surface area contributed by atoms with Crippen LogP contribution in [0.15, 0.2) is 48.5 Å². The van der Waals surface area contributed by atoms with Crippen LogP contribution in [0.4, 0.5) is 0 Å². The molecule has 1 heterocycles. The van der Waals surface area contributed by atoms with Crippen LogP contribution in [0.2, 0.25) is 0 Å². The number of ether oxygens (including phenoxy) is 2. The zero-order chi connectivity index (χ0) is 25.1. The first-order valence-corrected chi connectivity index (χ1v) is 12.6. The molecular formula is C30H29N3O3. The van der Waals surface area contributed by atoms with Crippen molar-refractivity contribution in [1.29, 1.82) is 5.26 Å². The molecule has 0 aliphatic heterocycles. The molecule has 0 atom stereocenters. The lowest BCUT2D eigenvalue weighted by Crippen LogP contribution is -2.15. The number of Topliss-reactive ketones (excluding diaryl/α,β-unsaturated/α-hetero) is 1. The van der Waals surface area contributed by atoms with Crippen LogP contribution in [0.5, 0.6) is 11.6 Å². The van der Waals surface area contributed by atoms with E-state index in [-0.39, 0.29) is 11.9 Å². The predicted octanol–water partition coefficient (Wildman–Crippen LogP) is 5.85. The molecular weight excluding hydrogens is 450 g/mol. The Labute approximate surface area is 211 Å².